The number of pyridine rings is 1. The Morgan fingerprint density at radius 2 is 2.00 bits per heavy atom. The minimum atomic E-state index is -0.241. The zero-order valence-corrected chi connectivity index (χ0v) is 12.8. The predicted molar refractivity (Wildman–Crippen MR) is 78.8 cm³/mol. The van der Waals surface area contributed by atoms with Crippen LogP contribution in [0.2, 0.25) is 0 Å². The highest BCUT2D eigenvalue weighted by Gasteiger charge is 2.24. The van der Waals surface area contributed by atoms with E-state index in [9.17, 15) is 4.79 Å². The fourth-order valence-electron chi connectivity index (χ4n) is 2.06. The molecule has 1 rings (SSSR count). The maximum Gasteiger partial charge on any atom is 0.303 e. The molecule has 0 amide bonds. The van der Waals surface area contributed by atoms with Crippen molar-refractivity contribution in [1.82, 2.24) is 4.98 Å². The van der Waals surface area contributed by atoms with Gasteiger partial charge in [-0.15, -0.1) is 0 Å². The summed E-state index contributed by atoms with van der Waals surface area (Å²) in [5.74, 6) is 0.106. The van der Waals surface area contributed by atoms with E-state index in [0.717, 1.165) is 25.0 Å². The Balaban J connectivity index is 0.00000154. The first-order valence-corrected chi connectivity index (χ1v) is 7.27. The van der Waals surface area contributed by atoms with Gasteiger partial charge in [0, 0.05) is 19.0 Å². The van der Waals surface area contributed by atoms with E-state index in [1.54, 1.807) is 6.20 Å². The van der Waals surface area contributed by atoms with Gasteiger partial charge in [-0.2, -0.15) is 0 Å². The number of esters is 1. The molecule has 3 heteroatoms. The summed E-state index contributed by atoms with van der Waals surface area (Å²) in [4.78, 5) is 15.5. The van der Waals surface area contributed by atoms with Crippen LogP contribution in [0.15, 0.2) is 24.4 Å². The molecule has 0 aliphatic carbocycles. The van der Waals surface area contributed by atoms with Crippen LogP contribution in [0.3, 0.4) is 0 Å². The minimum Gasteiger partial charge on any atom is -0.456 e. The monoisotopic (exact) mass is 265 g/mol. The molecule has 2 atom stereocenters. The van der Waals surface area contributed by atoms with Crippen LogP contribution in [0.4, 0.5) is 0 Å². The van der Waals surface area contributed by atoms with Gasteiger partial charge in [0.25, 0.3) is 0 Å². The van der Waals surface area contributed by atoms with E-state index in [1.165, 1.54) is 6.92 Å². The Hall–Kier alpha value is -1.38. The maximum atomic E-state index is 11.2. The van der Waals surface area contributed by atoms with Gasteiger partial charge in [-0.3, -0.25) is 9.78 Å². The van der Waals surface area contributed by atoms with Gasteiger partial charge in [0.1, 0.15) is 6.10 Å². The molecule has 19 heavy (non-hydrogen) atoms. The second kappa shape index (κ2) is 10.5. The maximum absolute atomic E-state index is 11.2. The zero-order valence-electron chi connectivity index (χ0n) is 12.8. The van der Waals surface area contributed by atoms with Crippen molar-refractivity contribution >= 4 is 5.97 Å². The lowest BCUT2D eigenvalue weighted by molar-refractivity contribution is -0.150. The molecular formula is C16H27NO2. The molecule has 0 aromatic carbocycles. The van der Waals surface area contributed by atoms with Crippen molar-refractivity contribution in [3.8, 4) is 0 Å². The molecule has 2 unspecified atom stereocenters. The SMILES string of the molecule is CC.CCCC(CC)C(OC(C)=O)c1ccccn1. The molecule has 1 aromatic rings. The molecule has 0 N–H and O–H groups in total. The lowest BCUT2D eigenvalue weighted by atomic mass is 9.92. The lowest BCUT2D eigenvalue weighted by Gasteiger charge is -2.25. The minimum absolute atomic E-state index is 0.210. The highest BCUT2D eigenvalue weighted by molar-refractivity contribution is 5.66. The second-order valence-corrected chi connectivity index (χ2v) is 4.24. The van der Waals surface area contributed by atoms with Gasteiger partial charge in [0.15, 0.2) is 0 Å². The molecule has 3 nitrogen and oxygen atoms in total. The van der Waals surface area contributed by atoms with Crippen molar-refractivity contribution in [2.75, 3.05) is 0 Å². The second-order valence-electron chi connectivity index (χ2n) is 4.24. The molecule has 0 aliphatic rings. The molecule has 0 aliphatic heterocycles. The van der Waals surface area contributed by atoms with Gasteiger partial charge in [-0.25, -0.2) is 0 Å². The quantitative estimate of drug-likeness (QED) is 0.709. The number of carbonyl (C=O) groups is 1. The zero-order chi connectivity index (χ0) is 14.7. The Bertz CT molecular complexity index is 338. The number of carbonyl (C=O) groups excluding carboxylic acids is 1. The lowest BCUT2D eigenvalue weighted by Crippen LogP contribution is -2.19. The van der Waals surface area contributed by atoms with Crippen LogP contribution in [0.5, 0.6) is 0 Å². The van der Waals surface area contributed by atoms with Crippen molar-refractivity contribution in [2.45, 2.75) is 60.0 Å². The van der Waals surface area contributed by atoms with E-state index in [-0.39, 0.29) is 12.1 Å². The first-order chi connectivity index (χ1) is 9.19. The summed E-state index contributed by atoms with van der Waals surface area (Å²) < 4.78 is 5.44. The van der Waals surface area contributed by atoms with E-state index in [0.29, 0.717) is 5.92 Å². The number of hydrogen-bond donors (Lipinski definition) is 0. The standard InChI is InChI=1S/C14H21NO2.C2H6/c1-4-8-12(5-2)14(17-11(3)16)13-9-6-7-10-15-13;1-2/h6-7,9-10,12,14H,4-5,8H2,1-3H3;1-2H3. The Morgan fingerprint density at radius 1 is 1.32 bits per heavy atom. The summed E-state index contributed by atoms with van der Waals surface area (Å²) in [5, 5.41) is 0. The number of aromatic nitrogens is 1. The summed E-state index contributed by atoms with van der Waals surface area (Å²) in [6.45, 7) is 9.72. The summed E-state index contributed by atoms with van der Waals surface area (Å²) >= 11 is 0. The molecule has 0 saturated carbocycles. The number of ether oxygens (including phenoxy) is 1. The first-order valence-electron chi connectivity index (χ1n) is 7.27. The van der Waals surface area contributed by atoms with E-state index < -0.39 is 0 Å². The van der Waals surface area contributed by atoms with Crippen molar-refractivity contribution in [3.63, 3.8) is 0 Å². The van der Waals surface area contributed by atoms with Crippen molar-refractivity contribution in [3.05, 3.63) is 30.1 Å². The average molecular weight is 265 g/mol. The summed E-state index contributed by atoms with van der Waals surface area (Å²) in [7, 11) is 0. The molecule has 1 heterocycles. The van der Waals surface area contributed by atoms with Crippen LogP contribution in [0.1, 0.15) is 65.7 Å². The number of nitrogens with zero attached hydrogens (tertiary/aromatic N) is 1. The molecule has 108 valence electrons. The largest absolute Gasteiger partial charge is 0.456 e. The summed E-state index contributed by atoms with van der Waals surface area (Å²) in [6, 6.07) is 5.72. The third kappa shape index (κ3) is 6.37. The Kier molecular flexibility index (Phi) is 9.77. The van der Waals surface area contributed by atoms with Crippen LogP contribution in [-0.2, 0) is 9.53 Å². The van der Waals surface area contributed by atoms with Gasteiger partial charge < -0.3 is 4.74 Å². The summed E-state index contributed by atoms with van der Waals surface area (Å²) in [6.07, 6.45) is 4.65. The van der Waals surface area contributed by atoms with Crippen molar-refractivity contribution in [2.24, 2.45) is 5.92 Å². The number of hydrogen-bond acceptors (Lipinski definition) is 3. The van der Waals surface area contributed by atoms with Gasteiger partial charge in [-0.05, 0) is 25.0 Å². The van der Waals surface area contributed by atoms with Gasteiger partial charge >= 0.3 is 5.97 Å². The normalized spacial score (nSPS) is 12.9. The van der Waals surface area contributed by atoms with E-state index >= 15 is 0 Å². The van der Waals surface area contributed by atoms with Crippen LogP contribution in [-0.4, -0.2) is 11.0 Å². The number of rotatable bonds is 6. The third-order valence-corrected chi connectivity index (χ3v) is 2.88. The van der Waals surface area contributed by atoms with Gasteiger partial charge in [-0.1, -0.05) is 40.2 Å². The first kappa shape index (κ1) is 17.6. The van der Waals surface area contributed by atoms with Crippen LogP contribution < -0.4 is 0 Å². The van der Waals surface area contributed by atoms with E-state index in [2.05, 4.69) is 18.8 Å². The summed E-state index contributed by atoms with van der Waals surface area (Å²) in [5.41, 5.74) is 0.850. The topological polar surface area (TPSA) is 39.2 Å². The highest BCUT2D eigenvalue weighted by Crippen LogP contribution is 2.30. The molecule has 0 bridgehead atoms. The van der Waals surface area contributed by atoms with E-state index in [1.807, 2.05) is 32.0 Å². The highest BCUT2D eigenvalue weighted by atomic mass is 16.5. The van der Waals surface area contributed by atoms with Crippen LogP contribution >= 0.6 is 0 Å². The van der Waals surface area contributed by atoms with E-state index in [4.69, 9.17) is 4.74 Å². The predicted octanol–water partition coefficient (Wildman–Crippen LogP) is 4.54. The average Bonchev–Trinajstić information content (AvgIpc) is 2.45. The van der Waals surface area contributed by atoms with Gasteiger partial charge in [0.05, 0.1) is 5.69 Å². The van der Waals surface area contributed by atoms with Gasteiger partial charge in [0.2, 0.25) is 0 Å². The molecule has 1 aromatic heterocycles. The third-order valence-electron chi connectivity index (χ3n) is 2.88. The smallest absolute Gasteiger partial charge is 0.303 e. The molecule has 0 saturated heterocycles. The fraction of sp³-hybridized carbons (Fsp3) is 0.625. The molecule has 0 radical (unpaired) electrons. The Labute approximate surface area is 117 Å². The molecule has 0 spiro atoms. The molecule has 0 fully saturated rings. The fourth-order valence-corrected chi connectivity index (χ4v) is 2.06. The van der Waals surface area contributed by atoms with Crippen molar-refractivity contribution < 1.29 is 9.53 Å². The Morgan fingerprint density at radius 3 is 2.42 bits per heavy atom. The molecular weight excluding hydrogens is 238 g/mol. The van der Waals surface area contributed by atoms with Crippen LogP contribution in [0, 0.1) is 5.92 Å². The van der Waals surface area contributed by atoms with Crippen LogP contribution in [0.25, 0.3) is 0 Å². The van der Waals surface area contributed by atoms with Crippen molar-refractivity contribution in [1.29, 1.82) is 0 Å².